The summed E-state index contributed by atoms with van der Waals surface area (Å²) in [7, 11) is 0. The molecule has 1 heterocycles. The highest BCUT2D eigenvalue weighted by Gasteiger charge is 2.08. The molecule has 0 spiro atoms. The molecule has 4 heteroatoms. The molecule has 0 aliphatic carbocycles. The van der Waals surface area contributed by atoms with E-state index in [4.69, 9.17) is 0 Å². The van der Waals surface area contributed by atoms with Crippen LogP contribution >= 0.6 is 0 Å². The zero-order chi connectivity index (χ0) is 12.0. The van der Waals surface area contributed by atoms with Crippen molar-refractivity contribution in [2.24, 2.45) is 0 Å². The van der Waals surface area contributed by atoms with Crippen LogP contribution in [0, 0.1) is 0 Å². The Bertz CT molecular complexity index is 324. The molecule has 0 radical (unpaired) electrons. The fourth-order valence-corrected chi connectivity index (χ4v) is 1.36. The second kappa shape index (κ2) is 6.23. The second-order valence-corrected chi connectivity index (χ2v) is 4.08. The minimum atomic E-state index is 0.0118. The highest BCUT2D eigenvalue weighted by molar-refractivity contribution is 5.78. The average molecular weight is 221 g/mol. The predicted octanol–water partition coefficient (Wildman–Crippen LogP) is 1.26. The molecule has 0 aliphatic rings. The highest BCUT2D eigenvalue weighted by Crippen LogP contribution is 2.06. The second-order valence-electron chi connectivity index (χ2n) is 4.08. The summed E-state index contributed by atoms with van der Waals surface area (Å²) in [4.78, 5) is 15.6. The van der Waals surface area contributed by atoms with E-state index in [1.54, 1.807) is 6.20 Å². The van der Waals surface area contributed by atoms with Crippen LogP contribution in [0.2, 0.25) is 0 Å². The average Bonchev–Trinajstić information content (AvgIpc) is 2.26. The van der Waals surface area contributed by atoms with E-state index in [1.807, 2.05) is 39.0 Å². The van der Waals surface area contributed by atoms with Crippen LogP contribution in [0.25, 0.3) is 0 Å². The van der Waals surface area contributed by atoms with E-state index in [1.165, 1.54) is 0 Å². The summed E-state index contributed by atoms with van der Waals surface area (Å²) in [5.74, 6) is 0.0118. The van der Waals surface area contributed by atoms with Crippen LogP contribution in [0.3, 0.4) is 0 Å². The van der Waals surface area contributed by atoms with Crippen LogP contribution in [-0.2, 0) is 4.79 Å². The van der Waals surface area contributed by atoms with Crippen LogP contribution in [-0.4, -0.2) is 23.5 Å². The summed E-state index contributed by atoms with van der Waals surface area (Å²) in [6.07, 6.45) is 1.75. The lowest BCUT2D eigenvalue weighted by Crippen LogP contribution is -2.38. The van der Waals surface area contributed by atoms with E-state index >= 15 is 0 Å². The quantitative estimate of drug-likeness (QED) is 0.787. The van der Waals surface area contributed by atoms with Crippen LogP contribution in [0.1, 0.15) is 32.5 Å². The number of nitrogens with zero attached hydrogens (tertiary/aromatic N) is 1. The van der Waals surface area contributed by atoms with Crippen molar-refractivity contribution in [1.29, 1.82) is 0 Å². The van der Waals surface area contributed by atoms with Gasteiger partial charge in [-0.2, -0.15) is 0 Å². The Morgan fingerprint density at radius 1 is 1.38 bits per heavy atom. The first-order valence-corrected chi connectivity index (χ1v) is 5.53. The molecule has 4 nitrogen and oxygen atoms in total. The molecule has 0 saturated carbocycles. The van der Waals surface area contributed by atoms with Gasteiger partial charge in [-0.3, -0.25) is 9.78 Å². The van der Waals surface area contributed by atoms with Crippen molar-refractivity contribution < 1.29 is 4.79 Å². The fraction of sp³-hybridized carbons (Fsp3) is 0.500. The lowest BCUT2D eigenvalue weighted by Gasteiger charge is -2.14. The van der Waals surface area contributed by atoms with Crippen molar-refractivity contribution in [3.8, 4) is 0 Å². The van der Waals surface area contributed by atoms with Gasteiger partial charge in [0.2, 0.25) is 5.91 Å². The smallest absolute Gasteiger partial charge is 0.234 e. The Hall–Kier alpha value is -1.42. The zero-order valence-electron chi connectivity index (χ0n) is 10.0. The number of amides is 1. The summed E-state index contributed by atoms with van der Waals surface area (Å²) in [6, 6.07) is 6.02. The van der Waals surface area contributed by atoms with Crippen LogP contribution in [0.15, 0.2) is 24.4 Å². The minimum Gasteiger partial charge on any atom is -0.353 e. The van der Waals surface area contributed by atoms with Gasteiger partial charge in [-0.1, -0.05) is 6.07 Å². The van der Waals surface area contributed by atoms with E-state index in [0.717, 1.165) is 5.69 Å². The Balaban J connectivity index is 2.36. The van der Waals surface area contributed by atoms with Gasteiger partial charge in [-0.25, -0.2) is 0 Å². The van der Waals surface area contributed by atoms with Crippen molar-refractivity contribution in [3.63, 3.8) is 0 Å². The van der Waals surface area contributed by atoms with Gasteiger partial charge in [0.25, 0.3) is 0 Å². The summed E-state index contributed by atoms with van der Waals surface area (Å²) >= 11 is 0. The Labute approximate surface area is 96.5 Å². The molecule has 0 aromatic carbocycles. The van der Waals surface area contributed by atoms with Crippen LogP contribution in [0.5, 0.6) is 0 Å². The number of rotatable bonds is 5. The van der Waals surface area contributed by atoms with Gasteiger partial charge < -0.3 is 10.6 Å². The summed E-state index contributed by atoms with van der Waals surface area (Å²) in [6.45, 7) is 6.20. The molecule has 1 aromatic heterocycles. The summed E-state index contributed by atoms with van der Waals surface area (Å²) < 4.78 is 0. The van der Waals surface area contributed by atoms with E-state index in [-0.39, 0.29) is 18.0 Å². The monoisotopic (exact) mass is 221 g/mol. The third kappa shape index (κ3) is 4.40. The first-order valence-electron chi connectivity index (χ1n) is 5.53. The van der Waals surface area contributed by atoms with Crippen LogP contribution in [0.4, 0.5) is 0 Å². The van der Waals surface area contributed by atoms with E-state index in [9.17, 15) is 4.79 Å². The Morgan fingerprint density at radius 2 is 2.12 bits per heavy atom. The molecule has 2 N–H and O–H groups in total. The third-order valence-electron chi connectivity index (χ3n) is 2.15. The predicted molar refractivity (Wildman–Crippen MR) is 63.9 cm³/mol. The van der Waals surface area contributed by atoms with Gasteiger partial charge in [0.05, 0.1) is 12.2 Å². The topological polar surface area (TPSA) is 54.0 Å². The largest absolute Gasteiger partial charge is 0.353 e. The van der Waals surface area contributed by atoms with Crippen LogP contribution < -0.4 is 10.6 Å². The van der Waals surface area contributed by atoms with Gasteiger partial charge >= 0.3 is 0 Å². The fourth-order valence-electron chi connectivity index (χ4n) is 1.36. The SMILES string of the molecule is CC(C)NC(=O)CNC(C)c1ccccn1. The van der Waals surface area contributed by atoms with Crippen molar-refractivity contribution in [2.45, 2.75) is 32.9 Å². The molecule has 1 unspecified atom stereocenters. The molecular formula is C12H19N3O. The maximum Gasteiger partial charge on any atom is 0.234 e. The highest BCUT2D eigenvalue weighted by atomic mass is 16.1. The maximum atomic E-state index is 11.4. The molecule has 1 rings (SSSR count). The molecule has 1 aromatic rings. The summed E-state index contributed by atoms with van der Waals surface area (Å²) in [5.41, 5.74) is 0.944. The molecular weight excluding hydrogens is 202 g/mol. The molecule has 0 saturated heterocycles. The van der Waals surface area contributed by atoms with Gasteiger partial charge in [0.15, 0.2) is 0 Å². The van der Waals surface area contributed by atoms with Gasteiger partial charge in [-0.15, -0.1) is 0 Å². The molecule has 16 heavy (non-hydrogen) atoms. The number of carbonyl (C=O) groups excluding carboxylic acids is 1. The first kappa shape index (κ1) is 12.6. The maximum absolute atomic E-state index is 11.4. The molecule has 1 amide bonds. The third-order valence-corrected chi connectivity index (χ3v) is 2.15. The number of hydrogen-bond acceptors (Lipinski definition) is 3. The van der Waals surface area contributed by atoms with Gasteiger partial charge in [0.1, 0.15) is 0 Å². The standard InChI is InChI=1S/C12H19N3O/c1-9(2)15-12(16)8-14-10(3)11-6-4-5-7-13-11/h4-7,9-10,14H,8H2,1-3H3,(H,15,16). The number of pyridine rings is 1. The number of nitrogens with one attached hydrogen (secondary N) is 2. The lowest BCUT2D eigenvalue weighted by molar-refractivity contribution is -0.120. The number of aromatic nitrogens is 1. The Morgan fingerprint density at radius 3 is 2.69 bits per heavy atom. The molecule has 0 fully saturated rings. The molecule has 0 aliphatic heterocycles. The zero-order valence-corrected chi connectivity index (χ0v) is 10.0. The summed E-state index contributed by atoms with van der Waals surface area (Å²) in [5, 5.41) is 5.96. The van der Waals surface area contributed by atoms with Crippen molar-refractivity contribution in [1.82, 2.24) is 15.6 Å². The van der Waals surface area contributed by atoms with Crippen molar-refractivity contribution >= 4 is 5.91 Å². The number of carbonyl (C=O) groups is 1. The molecule has 88 valence electrons. The first-order chi connectivity index (χ1) is 7.59. The van der Waals surface area contributed by atoms with Gasteiger partial charge in [-0.05, 0) is 32.9 Å². The number of hydrogen-bond donors (Lipinski definition) is 2. The van der Waals surface area contributed by atoms with Gasteiger partial charge in [0, 0.05) is 18.3 Å². The van der Waals surface area contributed by atoms with Crippen molar-refractivity contribution in [3.05, 3.63) is 30.1 Å². The molecule has 0 bridgehead atoms. The van der Waals surface area contributed by atoms with E-state index in [0.29, 0.717) is 6.54 Å². The van der Waals surface area contributed by atoms with E-state index < -0.39 is 0 Å². The molecule has 1 atom stereocenters. The lowest BCUT2D eigenvalue weighted by atomic mass is 10.2. The van der Waals surface area contributed by atoms with Crippen molar-refractivity contribution in [2.75, 3.05) is 6.54 Å². The Kier molecular flexibility index (Phi) is 4.92. The normalized spacial score (nSPS) is 12.5. The minimum absolute atomic E-state index is 0.0118. The van der Waals surface area contributed by atoms with E-state index in [2.05, 4.69) is 15.6 Å².